The van der Waals surface area contributed by atoms with Crippen LogP contribution < -0.4 is 5.32 Å². The molecule has 0 aliphatic carbocycles. The van der Waals surface area contributed by atoms with Crippen LogP contribution in [0.15, 0.2) is 18.2 Å². The molecule has 1 heterocycles. The summed E-state index contributed by atoms with van der Waals surface area (Å²) in [6.45, 7) is 1.14. The van der Waals surface area contributed by atoms with Gasteiger partial charge in [-0.05, 0) is 24.1 Å². The third kappa shape index (κ3) is 4.09. The molecule has 1 aliphatic rings. The summed E-state index contributed by atoms with van der Waals surface area (Å²) in [4.78, 5) is 12.1. The normalized spacial score (nSPS) is 22.6. The van der Waals surface area contributed by atoms with Gasteiger partial charge >= 0.3 is 0 Å². The molecule has 110 valence electrons. The van der Waals surface area contributed by atoms with Gasteiger partial charge in [0.15, 0.2) is 0 Å². The zero-order chi connectivity index (χ0) is 14.5. The fraction of sp³-hybridized carbons (Fsp3) is 0.500. The Morgan fingerprint density at radius 1 is 1.45 bits per heavy atom. The number of amides is 1. The van der Waals surface area contributed by atoms with E-state index in [9.17, 15) is 4.79 Å². The lowest BCUT2D eigenvalue weighted by Gasteiger charge is -2.31. The Hall–Kier alpha value is -0.810. The Bertz CT molecular complexity index is 481. The highest BCUT2D eigenvalue weighted by Gasteiger charge is 2.26. The Morgan fingerprint density at radius 2 is 2.25 bits per heavy atom. The van der Waals surface area contributed by atoms with Crippen LogP contribution in [0.1, 0.15) is 12.0 Å². The average molecular weight is 318 g/mol. The monoisotopic (exact) mass is 317 g/mol. The Kier molecular flexibility index (Phi) is 5.66. The molecule has 0 saturated carbocycles. The molecule has 1 aromatic rings. The summed E-state index contributed by atoms with van der Waals surface area (Å²) in [5, 5.41) is 3.92. The Morgan fingerprint density at radius 3 is 2.95 bits per heavy atom. The zero-order valence-corrected chi connectivity index (χ0v) is 12.7. The van der Waals surface area contributed by atoms with E-state index in [0.717, 1.165) is 12.0 Å². The molecular weight excluding hydrogens is 301 g/mol. The third-order valence-corrected chi connectivity index (χ3v) is 4.04. The molecule has 2 atom stereocenters. The molecule has 1 aromatic carbocycles. The largest absolute Gasteiger partial charge is 0.379 e. The highest BCUT2D eigenvalue weighted by Crippen LogP contribution is 2.22. The molecular formula is C14H17Cl2NO3. The summed E-state index contributed by atoms with van der Waals surface area (Å²) in [7, 11) is 1.62. The smallest absolute Gasteiger partial charge is 0.224 e. The standard InChI is InChI=1S/C14H17Cl2NO3/c1-19-13-8-20-5-4-12(13)17-14(18)7-9-2-3-10(15)11(16)6-9/h2-3,6,12-13H,4-5,7-8H2,1H3,(H,17,18)/t12-,13-/m1/s1. The van der Waals surface area contributed by atoms with Crippen molar-refractivity contribution >= 4 is 29.1 Å². The second-order valence-corrected chi connectivity index (χ2v) is 5.55. The van der Waals surface area contributed by atoms with Gasteiger partial charge in [0.25, 0.3) is 0 Å². The molecule has 4 nitrogen and oxygen atoms in total. The van der Waals surface area contributed by atoms with E-state index in [1.54, 1.807) is 25.3 Å². The minimum absolute atomic E-state index is 0.0102. The quantitative estimate of drug-likeness (QED) is 0.928. The fourth-order valence-electron chi connectivity index (χ4n) is 2.20. The number of benzene rings is 1. The maximum absolute atomic E-state index is 12.1. The van der Waals surface area contributed by atoms with E-state index < -0.39 is 0 Å². The number of halogens is 2. The average Bonchev–Trinajstić information content (AvgIpc) is 2.43. The van der Waals surface area contributed by atoms with Crippen molar-refractivity contribution in [2.75, 3.05) is 20.3 Å². The summed E-state index contributed by atoms with van der Waals surface area (Å²) in [6.07, 6.45) is 0.928. The molecule has 0 unspecified atom stereocenters. The van der Waals surface area contributed by atoms with Crippen molar-refractivity contribution in [2.24, 2.45) is 0 Å². The molecule has 1 amide bonds. The van der Waals surface area contributed by atoms with Crippen LogP contribution in [0.4, 0.5) is 0 Å². The van der Waals surface area contributed by atoms with Gasteiger partial charge in [-0.1, -0.05) is 29.3 Å². The van der Waals surface area contributed by atoms with Crippen LogP contribution in [0.5, 0.6) is 0 Å². The maximum Gasteiger partial charge on any atom is 0.224 e. The van der Waals surface area contributed by atoms with Crippen molar-refractivity contribution < 1.29 is 14.3 Å². The molecule has 20 heavy (non-hydrogen) atoms. The number of methoxy groups -OCH3 is 1. The van der Waals surface area contributed by atoms with E-state index in [4.69, 9.17) is 32.7 Å². The lowest BCUT2D eigenvalue weighted by molar-refractivity contribution is -0.124. The molecule has 1 aliphatic heterocycles. The first-order valence-corrected chi connectivity index (χ1v) is 7.19. The van der Waals surface area contributed by atoms with Gasteiger partial charge in [-0.2, -0.15) is 0 Å². The predicted molar refractivity (Wildman–Crippen MR) is 78.3 cm³/mol. The first-order chi connectivity index (χ1) is 9.60. The number of carbonyl (C=O) groups is 1. The number of carbonyl (C=O) groups excluding carboxylic acids is 1. The highest BCUT2D eigenvalue weighted by atomic mass is 35.5. The van der Waals surface area contributed by atoms with Gasteiger partial charge in [0.1, 0.15) is 6.10 Å². The number of hydrogen-bond donors (Lipinski definition) is 1. The van der Waals surface area contributed by atoms with Crippen molar-refractivity contribution in [1.82, 2.24) is 5.32 Å². The molecule has 0 spiro atoms. The van der Waals surface area contributed by atoms with Gasteiger partial charge in [0.2, 0.25) is 5.91 Å². The summed E-state index contributed by atoms with van der Waals surface area (Å²) in [6, 6.07) is 5.19. The first kappa shape index (κ1) is 15.6. The molecule has 2 rings (SSSR count). The molecule has 0 bridgehead atoms. The summed E-state index contributed by atoms with van der Waals surface area (Å²) < 4.78 is 10.6. The molecule has 0 radical (unpaired) electrons. The van der Waals surface area contributed by atoms with Gasteiger partial charge in [-0.3, -0.25) is 4.79 Å². The lowest BCUT2D eigenvalue weighted by atomic mass is 10.1. The topological polar surface area (TPSA) is 47.6 Å². The molecule has 1 N–H and O–H groups in total. The molecule has 0 aromatic heterocycles. The van der Waals surface area contributed by atoms with Crippen LogP contribution in [0.25, 0.3) is 0 Å². The van der Waals surface area contributed by atoms with Gasteiger partial charge in [-0.25, -0.2) is 0 Å². The third-order valence-electron chi connectivity index (χ3n) is 3.30. The van der Waals surface area contributed by atoms with Crippen LogP contribution in [-0.4, -0.2) is 38.4 Å². The van der Waals surface area contributed by atoms with Crippen molar-refractivity contribution in [3.05, 3.63) is 33.8 Å². The number of rotatable bonds is 4. The van der Waals surface area contributed by atoms with E-state index in [0.29, 0.717) is 23.3 Å². The highest BCUT2D eigenvalue weighted by molar-refractivity contribution is 6.42. The van der Waals surface area contributed by atoms with Crippen molar-refractivity contribution in [3.63, 3.8) is 0 Å². The maximum atomic E-state index is 12.1. The van der Waals surface area contributed by atoms with Crippen LogP contribution in [0.2, 0.25) is 10.0 Å². The van der Waals surface area contributed by atoms with Crippen molar-refractivity contribution in [3.8, 4) is 0 Å². The second kappa shape index (κ2) is 7.27. The lowest BCUT2D eigenvalue weighted by Crippen LogP contribution is -2.50. The van der Waals surface area contributed by atoms with Gasteiger partial charge in [0, 0.05) is 13.7 Å². The number of hydrogen-bond acceptors (Lipinski definition) is 3. The number of nitrogens with one attached hydrogen (secondary N) is 1. The van der Waals surface area contributed by atoms with E-state index >= 15 is 0 Å². The van der Waals surface area contributed by atoms with Gasteiger partial charge in [-0.15, -0.1) is 0 Å². The minimum Gasteiger partial charge on any atom is -0.379 e. The Labute approximate surface area is 128 Å². The predicted octanol–water partition coefficient (Wildman–Crippen LogP) is 2.46. The molecule has 1 saturated heterocycles. The van der Waals surface area contributed by atoms with Crippen molar-refractivity contribution in [1.29, 1.82) is 0 Å². The van der Waals surface area contributed by atoms with E-state index in [1.165, 1.54) is 0 Å². The SMILES string of the molecule is CO[C@@H]1COCC[C@H]1NC(=O)Cc1ccc(Cl)c(Cl)c1. The van der Waals surface area contributed by atoms with Gasteiger partial charge < -0.3 is 14.8 Å². The van der Waals surface area contributed by atoms with Crippen LogP contribution in [-0.2, 0) is 20.7 Å². The second-order valence-electron chi connectivity index (χ2n) is 4.74. The molecule has 6 heteroatoms. The number of ether oxygens (including phenoxy) is 2. The fourth-order valence-corrected chi connectivity index (χ4v) is 2.52. The minimum atomic E-state index is -0.0958. The van der Waals surface area contributed by atoms with Crippen LogP contribution >= 0.6 is 23.2 Å². The molecule has 1 fully saturated rings. The van der Waals surface area contributed by atoms with Gasteiger partial charge in [0.05, 0.1) is 29.1 Å². The van der Waals surface area contributed by atoms with Crippen molar-refractivity contribution in [2.45, 2.75) is 25.0 Å². The Balaban J connectivity index is 1.92. The van der Waals surface area contributed by atoms with E-state index in [-0.39, 0.29) is 24.5 Å². The van der Waals surface area contributed by atoms with E-state index in [1.807, 2.05) is 0 Å². The first-order valence-electron chi connectivity index (χ1n) is 6.44. The summed E-state index contributed by atoms with van der Waals surface area (Å²) in [5.74, 6) is -0.0580. The van der Waals surface area contributed by atoms with E-state index in [2.05, 4.69) is 5.32 Å². The van der Waals surface area contributed by atoms with Crippen LogP contribution in [0, 0.1) is 0 Å². The summed E-state index contributed by atoms with van der Waals surface area (Å²) >= 11 is 11.8. The van der Waals surface area contributed by atoms with Crippen LogP contribution in [0.3, 0.4) is 0 Å². The zero-order valence-electron chi connectivity index (χ0n) is 11.2. The summed E-state index contributed by atoms with van der Waals surface area (Å²) in [5.41, 5.74) is 0.831.